The maximum Gasteiger partial charge on any atom is 0.276 e. The molecule has 0 fully saturated rings. The Morgan fingerprint density at radius 2 is 1.71 bits per heavy atom. The van der Waals surface area contributed by atoms with Gasteiger partial charge in [0.15, 0.2) is 0 Å². The Bertz CT molecular complexity index is 769. The number of halogens is 1. The lowest BCUT2D eigenvalue weighted by atomic mass is 10.1. The molecule has 0 aromatic heterocycles. The normalized spacial score (nSPS) is 12.2. The van der Waals surface area contributed by atoms with Crippen LogP contribution in [0.3, 0.4) is 0 Å². The summed E-state index contributed by atoms with van der Waals surface area (Å²) in [5.74, 6) is 0. The summed E-state index contributed by atoms with van der Waals surface area (Å²) in [7, 11) is -3.65. The van der Waals surface area contributed by atoms with Crippen LogP contribution in [0, 0.1) is 6.92 Å². The Hall–Kier alpha value is -1.66. The minimum Gasteiger partial charge on any atom is -0.200 e. The number of sulfonamides is 1. The van der Waals surface area contributed by atoms with Crippen LogP contribution in [0.4, 0.5) is 0 Å². The standard InChI is InChI=1S/C15H15BrN2O2S/c1-11-7-9-13(10-8-11)21(19,20)18-17-12(2)14-5-3-4-6-15(14)16/h3-10,18H,1-2H3/b17-12+. The topological polar surface area (TPSA) is 58.5 Å². The third kappa shape index (κ3) is 3.92. The van der Waals surface area contributed by atoms with Crippen LogP contribution in [-0.4, -0.2) is 14.1 Å². The van der Waals surface area contributed by atoms with Crippen LogP contribution in [0.2, 0.25) is 0 Å². The van der Waals surface area contributed by atoms with Gasteiger partial charge in [0.2, 0.25) is 0 Å². The number of rotatable bonds is 4. The summed E-state index contributed by atoms with van der Waals surface area (Å²) >= 11 is 3.41. The number of hydrogen-bond acceptors (Lipinski definition) is 3. The molecule has 0 saturated heterocycles. The van der Waals surface area contributed by atoms with Gasteiger partial charge < -0.3 is 0 Å². The molecule has 110 valence electrons. The van der Waals surface area contributed by atoms with E-state index in [0.29, 0.717) is 5.71 Å². The lowest BCUT2D eigenvalue weighted by Crippen LogP contribution is -2.20. The number of aryl methyl sites for hydroxylation is 1. The van der Waals surface area contributed by atoms with Gasteiger partial charge in [-0.25, -0.2) is 0 Å². The van der Waals surface area contributed by atoms with E-state index in [1.54, 1.807) is 31.2 Å². The third-order valence-electron chi connectivity index (χ3n) is 2.93. The van der Waals surface area contributed by atoms with Crippen molar-refractivity contribution in [3.05, 3.63) is 64.1 Å². The first-order valence-corrected chi connectivity index (χ1v) is 8.55. The molecule has 0 spiro atoms. The van der Waals surface area contributed by atoms with Crippen molar-refractivity contribution in [2.75, 3.05) is 0 Å². The highest BCUT2D eigenvalue weighted by Gasteiger charge is 2.12. The largest absolute Gasteiger partial charge is 0.276 e. The van der Waals surface area contributed by atoms with Gasteiger partial charge in [-0.05, 0) is 32.0 Å². The molecule has 2 aromatic carbocycles. The van der Waals surface area contributed by atoms with Gasteiger partial charge in [-0.1, -0.05) is 51.8 Å². The number of nitrogens with zero attached hydrogens (tertiary/aromatic N) is 1. The maximum atomic E-state index is 12.1. The zero-order chi connectivity index (χ0) is 15.5. The van der Waals surface area contributed by atoms with Gasteiger partial charge in [-0.2, -0.15) is 18.4 Å². The van der Waals surface area contributed by atoms with E-state index in [0.717, 1.165) is 15.6 Å². The lowest BCUT2D eigenvalue weighted by Gasteiger charge is -2.07. The lowest BCUT2D eigenvalue weighted by molar-refractivity contribution is 0.584. The quantitative estimate of drug-likeness (QED) is 0.665. The van der Waals surface area contributed by atoms with Crippen molar-refractivity contribution in [1.82, 2.24) is 4.83 Å². The molecule has 0 aliphatic rings. The third-order valence-corrected chi connectivity index (χ3v) is 4.84. The molecule has 0 bridgehead atoms. The SMILES string of the molecule is C/C(=N\NS(=O)(=O)c1ccc(C)cc1)c1ccccc1Br. The first-order chi connectivity index (χ1) is 9.90. The second-order valence-corrected chi connectivity index (χ2v) is 7.10. The van der Waals surface area contributed by atoms with Crippen LogP contribution in [0.1, 0.15) is 18.1 Å². The predicted octanol–water partition coefficient (Wildman–Crippen LogP) is 3.46. The summed E-state index contributed by atoms with van der Waals surface area (Å²) < 4.78 is 25.1. The summed E-state index contributed by atoms with van der Waals surface area (Å²) in [4.78, 5) is 2.45. The van der Waals surface area contributed by atoms with Crippen molar-refractivity contribution in [3.8, 4) is 0 Å². The van der Waals surface area contributed by atoms with E-state index in [1.807, 2.05) is 31.2 Å². The van der Waals surface area contributed by atoms with Crippen LogP contribution < -0.4 is 4.83 Å². The van der Waals surface area contributed by atoms with E-state index in [4.69, 9.17) is 0 Å². The van der Waals surface area contributed by atoms with Gasteiger partial charge in [-0.3, -0.25) is 0 Å². The molecule has 0 heterocycles. The molecule has 0 saturated carbocycles. The van der Waals surface area contributed by atoms with Gasteiger partial charge >= 0.3 is 0 Å². The molecule has 4 nitrogen and oxygen atoms in total. The minimum absolute atomic E-state index is 0.191. The Balaban J connectivity index is 2.23. The monoisotopic (exact) mass is 366 g/mol. The molecular weight excluding hydrogens is 352 g/mol. The highest BCUT2D eigenvalue weighted by molar-refractivity contribution is 9.10. The fourth-order valence-electron chi connectivity index (χ4n) is 1.71. The molecule has 0 aliphatic carbocycles. The summed E-state index contributed by atoms with van der Waals surface area (Å²) in [6.45, 7) is 3.65. The second kappa shape index (κ2) is 6.41. The molecule has 0 aliphatic heterocycles. The molecule has 2 aromatic rings. The van der Waals surface area contributed by atoms with Crippen molar-refractivity contribution in [1.29, 1.82) is 0 Å². The Morgan fingerprint density at radius 1 is 1.10 bits per heavy atom. The number of hydrogen-bond donors (Lipinski definition) is 1. The predicted molar refractivity (Wildman–Crippen MR) is 87.9 cm³/mol. The minimum atomic E-state index is -3.65. The van der Waals surface area contributed by atoms with Crippen LogP contribution in [0.5, 0.6) is 0 Å². The molecule has 0 radical (unpaired) electrons. The summed E-state index contributed by atoms with van der Waals surface area (Å²) in [6, 6.07) is 14.1. The molecule has 1 N–H and O–H groups in total. The number of benzene rings is 2. The van der Waals surface area contributed by atoms with Crippen LogP contribution in [0.25, 0.3) is 0 Å². The van der Waals surface area contributed by atoms with Gasteiger partial charge in [-0.15, -0.1) is 0 Å². The highest BCUT2D eigenvalue weighted by atomic mass is 79.9. The van der Waals surface area contributed by atoms with Gasteiger partial charge in [0.05, 0.1) is 10.6 Å². The van der Waals surface area contributed by atoms with E-state index in [2.05, 4.69) is 25.9 Å². The van der Waals surface area contributed by atoms with Gasteiger partial charge in [0.1, 0.15) is 0 Å². The molecule has 0 atom stereocenters. The van der Waals surface area contributed by atoms with Crippen molar-refractivity contribution < 1.29 is 8.42 Å². The summed E-state index contributed by atoms with van der Waals surface area (Å²) in [5, 5.41) is 3.97. The highest BCUT2D eigenvalue weighted by Crippen LogP contribution is 2.17. The summed E-state index contributed by atoms with van der Waals surface area (Å²) in [6.07, 6.45) is 0. The van der Waals surface area contributed by atoms with Crippen LogP contribution in [-0.2, 0) is 10.0 Å². The molecule has 2 rings (SSSR count). The molecule has 21 heavy (non-hydrogen) atoms. The van der Waals surface area contributed by atoms with E-state index in [-0.39, 0.29) is 4.90 Å². The Kier molecular flexibility index (Phi) is 4.80. The Labute approximate surface area is 133 Å². The van der Waals surface area contributed by atoms with Crippen molar-refractivity contribution in [2.45, 2.75) is 18.7 Å². The zero-order valence-corrected chi connectivity index (χ0v) is 14.1. The smallest absolute Gasteiger partial charge is 0.200 e. The van der Waals surface area contributed by atoms with Crippen molar-refractivity contribution in [2.24, 2.45) is 5.10 Å². The van der Waals surface area contributed by atoms with Crippen molar-refractivity contribution in [3.63, 3.8) is 0 Å². The fourth-order valence-corrected chi connectivity index (χ4v) is 3.14. The number of nitrogens with one attached hydrogen (secondary N) is 1. The van der Waals surface area contributed by atoms with Gasteiger partial charge in [0, 0.05) is 10.0 Å². The number of hydrazone groups is 1. The van der Waals surface area contributed by atoms with E-state index in [9.17, 15) is 8.42 Å². The first kappa shape index (κ1) is 15.7. The average molecular weight is 367 g/mol. The fraction of sp³-hybridized carbons (Fsp3) is 0.133. The Morgan fingerprint density at radius 3 is 2.33 bits per heavy atom. The average Bonchev–Trinajstić information content (AvgIpc) is 2.46. The zero-order valence-electron chi connectivity index (χ0n) is 11.7. The molecule has 0 amide bonds. The second-order valence-electron chi connectivity index (χ2n) is 4.58. The summed E-state index contributed by atoms with van der Waals surface area (Å²) in [5.41, 5.74) is 2.42. The molecular formula is C15H15BrN2O2S. The van der Waals surface area contributed by atoms with E-state index >= 15 is 0 Å². The van der Waals surface area contributed by atoms with Crippen LogP contribution >= 0.6 is 15.9 Å². The first-order valence-electron chi connectivity index (χ1n) is 6.28. The van der Waals surface area contributed by atoms with Crippen LogP contribution in [0.15, 0.2) is 63.0 Å². The van der Waals surface area contributed by atoms with E-state index in [1.165, 1.54) is 0 Å². The molecule has 0 unspecified atom stereocenters. The van der Waals surface area contributed by atoms with Gasteiger partial charge in [0.25, 0.3) is 10.0 Å². The van der Waals surface area contributed by atoms with E-state index < -0.39 is 10.0 Å². The maximum absolute atomic E-state index is 12.1. The van der Waals surface area contributed by atoms with Crippen molar-refractivity contribution >= 4 is 31.7 Å². The molecule has 6 heteroatoms.